The van der Waals surface area contributed by atoms with Gasteiger partial charge in [-0.2, -0.15) is 0 Å². The predicted octanol–water partition coefficient (Wildman–Crippen LogP) is 4.10. The zero-order valence-corrected chi connectivity index (χ0v) is 12.5. The zero-order chi connectivity index (χ0) is 11.6. The number of hydrogen-bond acceptors (Lipinski definition) is 2. The molecule has 0 radical (unpaired) electrons. The van der Waals surface area contributed by atoms with Crippen LogP contribution in [0.3, 0.4) is 0 Å². The molecule has 2 nitrogen and oxygen atoms in total. The van der Waals surface area contributed by atoms with Crippen molar-refractivity contribution in [2.45, 2.75) is 35.1 Å². The number of esters is 1. The lowest BCUT2D eigenvalue weighted by Gasteiger charge is -2.25. The van der Waals surface area contributed by atoms with Crippen LogP contribution in [0.2, 0.25) is 0 Å². The molecule has 6 heteroatoms. The van der Waals surface area contributed by atoms with E-state index in [0.717, 1.165) is 0 Å². The summed E-state index contributed by atoms with van der Waals surface area (Å²) < 4.78 is 2.66. The molecule has 0 amide bonds. The minimum Gasteiger partial charge on any atom is -0.447 e. The van der Waals surface area contributed by atoms with E-state index in [1.165, 1.54) is 0 Å². The van der Waals surface area contributed by atoms with Gasteiger partial charge in [0, 0.05) is 0 Å². The number of carbonyl (C=O) groups excluding carboxylic acids is 1. The molecule has 0 fully saturated rings. The Morgan fingerprint density at radius 2 is 1.86 bits per heavy atom. The van der Waals surface area contributed by atoms with E-state index in [2.05, 4.69) is 0 Å². The van der Waals surface area contributed by atoms with Gasteiger partial charge in [0.25, 0.3) is 0 Å². The summed E-state index contributed by atoms with van der Waals surface area (Å²) in [5.41, 5.74) is -0.542. The third kappa shape index (κ3) is 4.73. The van der Waals surface area contributed by atoms with Crippen LogP contribution in [0, 0.1) is 5.41 Å². The molecule has 0 N–H and O–H groups in total. The van der Waals surface area contributed by atoms with Crippen LogP contribution in [0.5, 0.6) is 0 Å². The van der Waals surface area contributed by atoms with Crippen LogP contribution >= 0.6 is 57.4 Å². The highest BCUT2D eigenvalue weighted by Gasteiger charge is 2.37. The SMILES string of the molecule is CCC(C)(C)C(=O)OC(I)C(Cl)(Cl)Cl. The number of carbonyl (C=O) groups is 1. The molecule has 0 aliphatic rings. The van der Waals surface area contributed by atoms with Crippen LogP contribution < -0.4 is 0 Å². The number of halogens is 4. The smallest absolute Gasteiger partial charge is 0.312 e. The second-order valence-corrected chi connectivity index (χ2v) is 7.00. The lowest BCUT2D eigenvalue weighted by molar-refractivity contribution is -0.154. The fraction of sp³-hybridized carbons (Fsp3) is 0.875. The van der Waals surface area contributed by atoms with Crippen molar-refractivity contribution < 1.29 is 9.53 Å². The summed E-state index contributed by atoms with van der Waals surface area (Å²) in [5.74, 6) is -0.356. The van der Waals surface area contributed by atoms with Crippen molar-refractivity contribution in [3.63, 3.8) is 0 Å². The van der Waals surface area contributed by atoms with Gasteiger partial charge in [-0.1, -0.05) is 41.7 Å². The molecule has 0 bridgehead atoms. The van der Waals surface area contributed by atoms with Crippen LogP contribution in [-0.2, 0) is 9.53 Å². The van der Waals surface area contributed by atoms with Crippen molar-refractivity contribution in [1.29, 1.82) is 0 Å². The Labute approximate surface area is 113 Å². The van der Waals surface area contributed by atoms with Crippen molar-refractivity contribution in [1.82, 2.24) is 0 Å². The van der Waals surface area contributed by atoms with Gasteiger partial charge < -0.3 is 4.74 Å². The van der Waals surface area contributed by atoms with Gasteiger partial charge in [-0.05, 0) is 42.9 Å². The molecule has 0 spiro atoms. The van der Waals surface area contributed by atoms with Crippen molar-refractivity contribution >= 4 is 63.4 Å². The van der Waals surface area contributed by atoms with E-state index < -0.39 is 13.3 Å². The number of ether oxygens (including phenoxy) is 1. The van der Waals surface area contributed by atoms with Gasteiger partial charge in [-0.15, -0.1) is 0 Å². The maximum absolute atomic E-state index is 11.5. The first kappa shape index (κ1) is 15.1. The largest absolute Gasteiger partial charge is 0.447 e. The maximum atomic E-state index is 11.5. The van der Waals surface area contributed by atoms with Gasteiger partial charge in [-0.3, -0.25) is 4.79 Å². The average molecular weight is 373 g/mol. The fourth-order valence-corrected chi connectivity index (χ4v) is 0.829. The Bertz CT molecular complexity index is 213. The van der Waals surface area contributed by atoms with Crippen LogP contribution in [0.4, 0.5) is 0 Å². The van der Waals surface area contributed by atoms with Crippen LogP contribution in [0.1, 0.15) is 27.2 Å². The highest BCUT2D eigenvalue weighted by Crippen LogP contribution is 2.37. The molecule has 1 unspecified atom stereocenters. The van der Waals surface area contributed by atoms with Crippen LogP contribution in [-0.4, -0.2) is 13.9 Å². The first-order chi connectivity index (χ1) is 6.11. The van der Waals surface area contributed by atoms with Crippen molar-refractivity contribution in [3.05, 3.63) is 0 Å². The molecule has 14 heavy (non-hydrogen) atoms. The predicted molar refractivity (Wildman–Crippen MR) is 68.3 cm³/mol. The third-order valence-electron chi connectivity index (χ3n) is 1.90. The first-order valence-electron chi connectivity index (χ1n) is 4.03. The molecule has 0 saturated carbocycles. The summed E-state index contributed by atoms with van der Waals surface area (Å²) in [4.78, 5) is 11.5. The lowest BCUT2D eigenvalue weighted by atomic mass is 9.91. The number of hydrogen-bond donors (Lipinski definition) is 0. The summed E-state index contributed by atoms with van der Waals surface area (Å²) in [6, 6.07) is 0. The monoisotopic (exact) mass is 372 g/mol. The van der Waals surface area contributed by atoms with Gasteiger partial charge in [0.2, 0.25) is 3.79 Å². The molecule has 0 saturated heterocycles. The average Bonchev–Trinajstić information content (AvgIpc) is 2.02. The van der Waals surface area contributed by atoms with E-state index in [9.17, 15) is 4.79 Å². The molecular formula is C8H12Cl3IO2. The standard InChI is InChI=1S/C8H12Cl3IO2/c1-4-7(2,3)6(13)14-5(12)8(9,10)11/h5H,4H2,1-3H3. The van der Waals surface area contributed by atoms with Crippen LogP contribution in [0.15, 0.2) is 0 Å². The summed E-state index contributed by atoms with van der Waals surface area (Å²) in [6.07, 6.45) is 0.676. The van der Waals surface area contributed by atoms with E-state index >= 15 is 0 Å². The molecule has 0 aliphatic carbocycles. The Morgan fingerprint density at radius 3 is 2.14 bits per heavy atom. The summed E-state index contributed by atoms with van der Waals surface area (Å²) in [6.45, 7) is 5.48. The minimum atomic E-state index is -1.58. The maximum Gasteiger partial charge on any atom is 0.312 e. The quantitative estimate of drug-likeness (QED) is 0.423. The summed E-state index contributed by atoms with van der Waals surface area (Å²) in [5, 5.41) is 0. The van der Waals surface area contributed by atoms with Crippen molar-refractivity contribution in [3.8, 4) is 0 Å². The number of alkyl halides is 4. The van der Waals surface area contributed by atoms with E-state index in [-0.39, 0.29) is 5.97 Å². The van der Waals surface area contributed by atoms with E-state index in [1.54, 1.807) is 36.4 Å². The second kappa shape index (κ2) is 5.41. The molecule has 0 aromatic carbocycles. The molecular weight excluding hydrogens is 361 g/mol. The van der Waals surface area contributed by atoms with Gasteiger partial charge in [0.15, 0.2) is 4.11 Å². The molecule has 0 aliphatic heterocycles. The summed E-state index contributed by atoms with van der Waals surface area (Å²) >= 11 is 18.5. The highest BCUT2D eigenvalue weighted by molar-refractivity contribution is 14.1. The van der Waals surface area contributed by atoms with Crippen molar-refractivity contribution in [2.24, 2.45) is 5.41 Å². The van der Waals surface area contributed by atoms with E-state index in [0.29, 0.717) is 6.42 Å². The molecule has 0 rings (SSSR count). The Hall–Kier alpha value is 1.07. The topological polar surface area (TPSA) is 26.3 Å². The van der Waals surface area contributed by atoms with E-state index in [1.807, 2.05) is 6.92 Å². The van der Waals surface area contributed by atoms with Gasteiger partial charge in [0.05, 0.1) is 5.41 Å². The highest BCUT2D eigenvalue weighted by atomic mass is 127. The minimum absolute atomic E-state index is 0.356. The summed E-state index contributed by atoms with van der Waals surface area (Å²) in [7, 11) is 0. The van der Waals surface area contributed by atoms with Crippen molar-refractivity contribution in [2.75, 3.05) is 0 Å². The zero-order valence-electron chi connectivity index (χ0n) is 8.11. The Kier molecular flexibility index (Phi) is 5.83. The molecule has 0 aromatic rings. The second-order valence-electron chi connectivity index (χ2n) is 3.50. The van der Waals surface area contributed by atoms with Crippen LogP contribution in [0.25, 0.3) is 0 Å². The number of rotatable bonds is 3. The third-order valence-corrected chi connectivity index (χ3v) is 4.79. The lowest BCUT2D eigenvalue weighted by Crippen LogP contribution is -2.33. The molecule has 0 aromatic heterocycles. The Morgan fingerprint density at radius 1 is 1.43 bits per heavy atom. The van der Waals surface area contributed by atoms with Gasteiger partial charge in [0.1, 0.15) is 0 Å². The Balaban J connectivity index is 4.35. The van der Waals surface area contributed by atoms with E-state index in [4.69, 9.17) is 39.5 Å². The normalized spacial score (nSPS) is 15.1. The fourth-order valence-electron chi connectivity index (χ4n) is 0.465. The molecule has 1 atom stereocenters. The molecule has 84 valence electrons. The molecule has 0 heterocycles. The first-order valence-corrected chi connectivity index (χ1v) is 6.41. The van der Waals surface area contributed by atoms with Gasteiger partial charge in [-0.25, -0.2) is 0 Å². The van der Waals surface area contributed by atoms with Gasteiger partial charge >= 0.3 is 5.97 Å².